The highest BCUT2D eigenvalue weighted by Gasteiger charge is 2.29. The first kappa shape index (κ1) is 20.4. The van der Waals surface area contributed by atoms with Crippen molar-refractivity contribution in [3.8, 4) is 0 Å². The maximum atomic E-state index is 12.8. The molecule has 1 atom stereocenters. The normalized spacial score (nSPS) is 14.6. The first-order chi connectivity index (χ1) is 13.1. The van der Waals surface area contributed by atoms with Crippen molar-refractivity contribution in [1.29, 1.82) is 0 Å². The lowest BCUT2D eigenvalue weighted by molar-refractivity contribution is -0.676. The minimum absolute atomic E-state index is 0. The van der Waals surface area contributed by atoms with Crippen molar-refractivity contribution in [2.75, 3.05) is 20.1 Å². The van der Waals surface area contributed by atoms with Crippen LogP contribution in [0.5, 0.6) is 0 Å². The zero-order valence-electron chi connectivity index (χ0n) is 16.0. The highest BCUT2D eigenvalue weighted by molar-refractivity contribution is 6.02. The van der Waals surface area contributed by atoms with Gasteiger partial charge in [0.25, 0.3) is 5.91 Å². The summed E-state index contributed by atoms with van der Waals surface area (Å²) in [4.78, 5) is 14.6. The molecule has 1 aromatic heterocycles. The number of aromatic nitrogens is 1. The van der Waals surface area contributed by atoms with E-state index in [-0.39, 0.29) is 18.3 Å². The van der Waals surface area contributed by atoms with Crippen LogP contribution in [-0.2, 0) is 19.5 Å². The van der Waals surface area contributed by atoms with Crippen LogP contribution in [0.25, 0.3) is 10.9 Å². The number of hydrogen-bond acceptors (Lipinski definition) is 2. The van der Waals surface area contributed by atoms with Crippen LogP contribution in [0.3, 0.4) is 0 Å². The number of fused-ring (bicyclic) bond motifs is 3. The average Bonchev–Trinajstić information content (AvgIpc) is 3.00. The predicted octanol–water partition coefficient (Wildman–Crippen LogP) is -1.60. The highest BCUT2D eigenvalue weighted by atomic mass is 35.5. The number of carbonyl (C=O) groups excluding carboxylic acids is 1. The summed E-state index contributed by atoms with van der Waals surface area (Å²) in [6.45, 7) is 2.61. The average molecular weight is 400 g/mol. The number of hydrogen-bond donors (Lipinski definition) is 2. The molecule has 1 aliphatic heterocycles. The lowest BCUT2D eigenvalue weighted by Gasteiger charge is -2.25. The third-order valence-corrected chi connectivity index (χ3v) is 5.38. The fourth-order valence-corrected chi connectivity index (χ4v) is 3.97. The van der Waals surface area contributed by atoms with Crippen LogP contribution in [0.15, 0.2) is 54.6 Å². The number of para-hydroxylation sites is 1. The van der Waals surface area contributed by atoms with Crippen molar-refractivity contribution in [3.63, 3.8) is 0 Å². The third kappa shape index (κ3) is 3.92. The molecule has 3 N–H and O–H groups in total. The van der Waals surface area contributed by atoms with Gasteiger partial charge in [-0.15, -0.1) is 0 Å². The highest BCUT2D eigenvalue weighted by Crippen LogP contribution is 2.30. The molecular weight excluding hydrogens is 374 g/mol. The number of benzene rings is 2. The molecule has 1 amide bonds. The molecule has 2 heterocycles. The molecule has 28 heavy (non-hydrogen) atoms. The van der Waals surface area contributed by atoms with Gasteiger partial charge in [-0.3, -0.25) is 4.79 Å². The van der Waals surface area contributed by atoms with Gasteiger partial charge in [-0.2, -0.15) is 0 Å². The summed E-state index contributed by atoms with van der Waals surface area (Å²) in [6.07, 6.45) is 0.343. The molecule has 0 radical (unpaired) electrons. The van der Waals surface area contributed by atoms with Gasteiger partial charge in [0.1, 0.15) is 24.9 Å². The van der Waals surface area contributed by atoms with Crippen molar-refractivity contribution in [2.45, 2.75) is 25.6 Å². The van der Waals surface area contributed by atoms with Crippen molar-refractivity contribution >= 4 is 16.8 Å². The number of amides is 1. The van der Waals surface area contributed by atoms with Crippen LogP contribution < -0.4 is 17.7 Å². The number of aliphatic hydroxyl groups is 1. The standard InChI is InChI=1S/C22H25N3O2.ClH/c1-24-12-11-19-18-9-5-6-10-20(18)25(21(19)22(24)27)15-17(26)14-23-13-16-7-3-2-4-8-16;/h2-10,17,23,26H,11-15H2,1H3;1H. The number of quaternary nitrogens is 1. The Labute approximate surface area is 171 Å². The minimum Gasteiger partial charge on any atom is -1.00 e. The van der Waals surface area contributed by atoms with Gasteiger partial charge >= 0.3 is 0 Å². The van der Waals surface area contributed by atoms with E-state index in [0.717, 1.165) is 41.7 Å². The van der Waals surface area contributed by atoms with Crippen LogP contribution in [0.2, 0.25) is 0 Å². The van der Waals surface area contributed by atoms with E-state index in [1.807, 2.05) is 48.0 Å². The van der Waals surface area contributed by atoms with Crippen molar-refractivity contribution in [2.24, 2.45) is 0 Å². The van der Waals surface area contributed by atoms with Crippen molar-refractivity contribution in [3.05, 3.63) is 71.4 Å². The molecule has 0 aliphatic carbocycles. The van der Waals surface area contributed by atoms with Crippen LogP contribution in [0.4, 0.5) is 0 Å². The summed E-state index contributed by atoms with van der Waals surface area (Å²) < 4.78 is 2.02. The van der Waals surface area contributed by atoms with E-state index in [9.17, 15) is 9.90 Å². The first-order valence-electron chi connectivity index (χ1n) is 9.54. The van der Waals surface area contributed by atoms with Gasteiger partial charge in [0, 0.05) is 30.1 Å². The Hall–Kier alpha value is -2.34. The summed E-state index contributed by atoms with van der Waals surface area (Å²) in [5, 5.41) is 13.9. The van der Waals surface area contributed by atoms with E-state index in [4.69, 9.17) is 0 Å². The fraction of sp³-hybridized carbons (Fsp3) is 0.318. The van der Waals surface area contributed by atoms with Gasteiger partial charge in [0.15, 0.2) is 0 Å². The number of rotatable bonds is 6. The zero-order valence-corrected chi connectivity index (χ0v) is 16.8. The Balaban J connectivity index is 0.00000225. The molecule has 0 spiro atoms. The third-order valence-electron chi connectivity index (χ3n) is 5.38. The maximum absolute atomic E-state index is 12.8. The van der Waals surface area contributed by atoms with Gasteiger partial charge in [0.05, 0.1) is 6.54 Å². The molecular formula is C22H26ClN3O2. The van der Waals surface area contributed by atoms with Crippen molar-refractivity contribution in [1.82, 2.24) is 9.47 Å². The fourth-order valence-electron chi connectivity index (χ4n) is 3.97. The summed E-state index contributed by atoms with van der Waals surface area (Å²) in [5.41, 5.74) is 4.14. The lowest BCUT2D eigenvalue weighted by atomic mass is 10.0. The Morgan fingerprint density at radius 3 is 2.61 bits per heavy atom. The molecule has 1 aliphatic rings. The molecule has 0 saturated heterocycles. The monoisotopic (exact) mass is 399 g/mol. The van der Waals surface area contributed by atoms with Gasteiger partial charge in [0.2, 0.25) is 0 Å². The SMILES string of the molecule is CN1CCc2c(n(CC(O)C[NH2+]Cc3ccccc3)c3ccccc23)C1=O.[Cl-]. The second-order valence-corrected chi connectivity index (χ2v) is 7.30. The summed E-state index contributed by atoms with van der Waals surface area (Å²) in [7, 11) is 1.84. The van der Waals surface area contributed by atoms with Gasteiger partial charge in [-0.25, -0.2) is 0 Å². The Morgan fingerprint density at radius 1 is 1.11 bits per heavy atom. The summed E-state index contributed by atoms with van der Waals surface area (Å²) in [5.74, 6) is 0.0490. The van der Waals surface area contributed by atoms with Crippen molar-refractivity contribution < 1.29 is 27.6 Å². The number of likely N-dealkylation sites (N-methyl/N-ethyl adjacent to an activating group) is 1. The molecule has 148 valence electrons. The number of aliphatic hydroxyl groups excluding tert-OH is 1. The molecule has 0 fully saturated rings. The summed E-state index contributed by atoms with van der Waals surface area (Å²) in [6, 6.07) is 18.4. The van der Waals surface area contributed by atoms with E-state index in [1.165, 1.54) is 5.56 Å². The van der Waals surface area contributed by atoms with E-state index >= 15 is 0 Å². The Kier molecular flexibility index (Phi) is 6.39. The van der Waals surface area contributed by atoms with Crippen LogP contribution in [-0.4, -0.2) is 46.7 Å². The van der Waals surface area contributed by atoms with Gasteiger partial charge in [-0.1, -0.05) is 48.5 Å². The van der Waals surface area contributed by atoms with E-state index in [1.54, 1.807) is 4.90 Å². The quantitative estimate of drug-likeness (QED) is 0.524. The van der Waals surface area contributed by atoms with Crippen LogP contribution in [0, 0.1) is 0 Å². The van der Waals surface area contributed by atoms with Gasteiger partial charge < -0.3 is 32.3 Å². The molecule has 0 saturated carbocycles. The van der Waals surface area contributed by atoms with E-state index in [0.29, 0.717) is 13.1 Å². The molecule has 2 aromatic carbocycles. The van der Waals surface area contributed by atoms with Crippen LogP contribution in [0.1, 0.15) is 21.6 Å². The van der Waals surface area contributed by atoms with Crippen LogP contribution >= 0.6 is 0 Å². The lowest BCUT2D eigenvalue weighted by Crippen LogP contribution is -3.00. The van der Waals surface area contributed by atoms with Gasteiger partial charge in [-0.05, 0) is 18.1 Å². The summed E-state index contributed by atoms with van der Waals surface area (Å²) >= 11 is 0. The number of carbonyl (C=O) groups is 1. The molecule has 0 bridgehead atoms. The molecule has 3 aromatic rings. The Bertz CT molecular complexity index is 955. The second kappa shape index (κ2) is 8.78. The number of nitrogens with zero attached hydrogens (tertiary/aromatic N) is 2. The van der Waals surface area contributed by atoms with E-state index in [2.05, 4.69) is 23.5 Å². The smallest absolute Gasteiger partial charge is 0.270 e. The molecule has 5 nitrogen and oxygen atoms in total. The second-order valence-electron chi connectivity index (χ2n) is 7.30. The zero-order chi connectivity index (χ0) is 18.8. The molecule has 4 rings (SSSR count). The number of nitrogens with two attached hydrogens (primary N) is 1. The maximum Gasteiger partial charge on any atom is 0.270 e. The number of halogens is 1. The minimum atomic E-state index is -0.520. The largest absolute Gasteiger partial charge is 1.00 e. The topological polar surface area (TPSA) is 62.1 Å². The van der Waals surface area contributed by atoms with E-state index < -0.39 is 6.10 Å². The first-order valence-corrected chi connectivity index (χ1v) is 9.54. The predicted molar refractivity (Wildman–Crippen MR) is 106 cm³/mol. The Morgan fingerprint density at radius 2 is 1.82 bits per heavy atom. The molecule has 6 heteroatoms. The molecule has 1 unspecified atom stereocenters.